The van der Waals surface area contributed by atoms with Crippen LogP contribution in [-0.4, -0.2) is 44.3 Å². The highest BCUT2D eigenvalue weighted by Crippen LogP contribution is 2.18. The van der Waals surface area contributed by atoms with Gasteiger partial charge in [0.2, 0.25) is 23.7 Å². The molecule has 0 saturated heterocycles. The molecule has 3 N–H and O–H groups in total. The second-order valence-electron chi connectivity index (χ2n) is 8.59. The van der Waals surface area contributed by atoms with E-state index in [1.165, 1.54) is 11.3 Å². The maximum absolute atomic E-state index is 12.4. The fourth-order valence-electron chi connectivity index (χ4n) is 3.70. The molecule has 0 fully saturated rings. The zero-order valence-electron chi connectivity index (χ0n) is 21.1. The lowest BCUT2D eigenvalue weighted by Crippen LogP contribution is -2.16. The number of benzene rings is 2. The quantitative estimate of drug-likeness (QED) is 0.0917. The van der Waals surface area contributed by atoms with Crippen LogP contribution < -0.4 is 15.4 Å². The summed E-state index contributed by atoms with van der Waals surface area (Å²) in [5.41, 5.74) is 2.52. The molecule has 0 unspecified atom stereocenters. The molecule has 0 saturated carbocycles. The highest BCUT2D eigenvalue weighted by Gasteiger charge is 2.10. The summed E-state index contributed by atoms with van der Waals surface area (Å²) in [6, 6.07) is 20.1. The predicted molar refractivity (Wildman–Crippen MR) is 145 cm³/mol. The predicted octanol–water partition coefficient (Wildman–Crippen LogP) is 4.08. The minimum Gasteiger partial charge on any atom is -0.465 e. The number of carbonyl (C=O) groups excluding carboxylic acids is 2. The molecule has 12 heteroatoms. The summed E-state index contributed by atoms with van der Waals surface area (Å²) in [7, 11) is 0. The molecule has 2 heterocycles. The third-order valence-electron chi connectivity index (χ3n) is 5.52. The van der Waals surface area contributed by atoms with Crippen molar-refractivity contribution >= 4 is 34.1 Å². The molecule has 4 rings (SSSR count). The Bertz CT molecular complexity index is 1350. The number of carbonyl (C=O) groups is 2. The monoisotopic (exact) mass is 548 g/mol. The number of nitrogens with zero attached hydrogens (tertiary/aromatic N) is 4. The van der Waals surface area contributed by atoms with Crippen molar-refractivity contribution in [2.24, 2.45) is 0 Å². The number of hydrogen-bond acceptors (Lipinski definition) is 10. The van der Waals surface area contributed by atoms with Gasteiger partial charge in [-0.2, -0.15) is 9.99 Å². The number of rotatable bonds is 14. The third kappa shape index (κ3) is 9.52. The van der Waals surface area contributed by atoms with Gasteiger partial charge in [0.15, 0.2) is 5.82 Å². The first-order valence-corrected chi connectivity index (χ1v) is 13.2. The van der Waals surface area contributed by atoms with E-state index in [9.17, 15) is 9.59 Å². The van der Waals surface area contributed by atoms with Gasteiger partial charge in [-0.3, -0.25) is 9.59 Å². The lowest BCUT2D eigenvalue weighted by atomic mass is 10.1. The fourth-order valence-corrected chi connectivity index (χ4v) is 4.50. The van der Waals surface area contributed by atoms with Crippen molar-refractivity contribution in [2.45, 2.75) is 38.5 Å². The molecule has 0 atom stereocenters. The molecule has 0 spiro atoms. The number of anilines is 2. The van der Waals surface area contributed by atoms with E-state index in [1.807, 2.05) is 36.4 Å². The van der Waals surface area contributed by atoms with Crippen molar-refractivity contribution < 1.29 is 24.5 Å². The first-order valence-electron chi connectivity index (χ1n) is 12.3. The topological polar surface area (TPSA) is 148 Å². The van der Waals surface area contributed by atoms with Crippen LogP contribution in [-0.2, 0) is 40.2 Å². The SMILES string of the molecule is O=C(Cc1cccc(OCOO)c1)Nc1ccc(CCCCc2nnc(NC(=O)Cc3ccccc3)s2)nn1. The molecule has 0 aliphatic carbocycles. The van der Waals surface area contributed by atoms with Gasteiger partial charge < -0.3 is 15.4 Å². The minimum absolute atomic E-state index is 0.115. The maximum atomic E-state index is 12.4. The van der Waals surface area contributed by atoms with E-state index in [1.54, 1.807) is 30.3 Å². The number of nitrogens with one attached hydrogen (secondary N) is 2. The van der Waals surface area contributed by atoms with Crippen LogP contribution in [0.1, 0.15) is 34.7 Å². The smallest absolute Gasteiger partial charge is 0.230 e. The number of unbranched alkanes of at least 4 members (excludes halogenated alkanes) is 1. The van der Waals surface area contributed by atoms with Crippen LogP contribution in [0.4, 0.5) is 10.9 Å². The van der Waals surface area contributed by atoms with Gasteiger partial charge in [-0.1, -0.05) is 53.8 Å². The van der Waals surface area contributed by atoms with E-state index < -0.39 is 0 Å². The Morgan fingerprint density at radius 2 is 1.56 bits per heavy atom. The van der Waals surface area contributed by atoms with Crippen LogP contribution in [0.5, 0.6) is 5.75 Å². The Morgan fingerprint density at radius 1 is 0.795 bits per heavy atom. The normalized spacial score (nSPS) is 10.7. The average Bonchev–Trinajstić information content (AvgIpc) is 3.38. The highest BCUT2D eigenvalue weighted by molar-refractivity contribution is 7.15. The molecule has 0 bridgehead atoms. The van der Waals surface area contributed by atoms with E-state index in [-0.39, 0.29) is 25.0 Å². The van der Waals surface area contributed by atoms with Gasteiger partial charge in [0.25, 0.3) is 0 Å². The van der Waals surface area contributed by atoms with Gasteiger partial charge in [-0.25, -0.2) is 5.26 Å². The number of amides is 2. The van der Waals surface area contributed by atoms with E-state index in [4.69, 9.17) is 9.99 Å². The summed E-state index contributed by atoms with van der Waals surface area (Å²) < 4.78 is 5.16. The van der Waals surface area contributed by atoms with Crippen LogP contribution >= 0.6 is 11.3 Å². The third-order valence-corrected chi connectivity index (χ3v) is 6.42. The van der Waals surface area contributed by atoms with Gasteiger partial charge in [0.1, 0.15) is 10.8 Å². The van der Waals surface area contributed by atoms with Crippen LogP contribution in [0.25, 0.3) is 0 Å². The van der Waals surface area contributed by atoms with Crippen LogP contribution in [0.2, 0.25) is 0 Å². The van der Waals surface area contributed by atoms with Crippen LogP contribution in [0.15, 0.2) is 66.7 Å². The Balaban J connectivity index is 1.14. The van der Waals surface area contributed by atoms with Crippen molar-refractivity contribution in [1.82, 2.24) is 20.4 Å². The molecule has 202 valence electrons. The summed E-state index contributed by atoms with van der Waals surface area (Å²) >= 11 is 1.39. The first-order chi connectivity index (χ1) is 19.1. The zero-order valence-corrected chi connectivity index (χ0v) is 21.9. The maximum Gasteiger partial charge on any atom is 0.230 e. The summed E-state index contributed by atoms with van der Waals surface area (Å²) in [6.45, 7) is -0.296. The fraction of sp³-hybridized carbons (Fsp3) is 0.259. The average molecular weight is 549 g/mol. The largest absolute Gasteiger partial charge is 0.465 e. The molecule has 4 aromatic rings. The lowest BCUT2D eigenvalue weighted by molar-refractivity contribution is -0.278. The van der Waals surface area contributed by atoms with Crippen molar-refractivity contribution in [3.8, 4) is 5.75 Å². The van der Waals surface area contributed by atoms with Gasteiger partial charge in [-0.05, 0) is 54.7 Å². The van der Waals surface area contributed by atoms with E-state index in [0.29, 0.717) is 23.1 Å². The standard InChI is InChI=1S/C27H28N6O5S/c34-24(17-20-9-6-11-22(15-20)37-18-38-36)28-23-14-13-21(30-31-23)10-4-5-12-26-32-33-27(39-26)29-25(35)16-19-7-2-1-3-8-19/h1-3,6-9,11,13-15,36H,4-5,10,12,16-18H2,(H,28,31,34)(H,29,33,35). The molecular formula is C27H28N6O5S. The van der Waals surface area contributed by atoms with Crippen molar-refractivity contribution in [2.75, 3.05) is 17.4 Å². The van der Waals surface area contributed by atoms with E-state index in [2.05, 4.69) is 35.9 Å². The Kier molecular flexibility index (Phi) is 10.4. The Morgan fingerprint density at radius 3 is 2.36 bits per heavy atom. The van der Waals surface area contributed by atoms with Gasteiger partial charge in [0, 0.05) is 6.42 Å². The van der Waals surface area contributed by atoms with Crippen LogP contribution in [0, 0.1) is 0 Å². The van der Waals surface area contributed by atoms with Crippen molar-refractivity contribution in [3.05, 3.63) is 88.6 Å². The summed E-state index contributed by atoms with van der Waals surface area (Å²) in [5, 5.41) is 31.8. The highest BCUT2D eigenvalue weighted by atomic mass is 32.1. The van der Waals surface area contributed by atoms with E-state index >= 15 is 0 Å². The van der Waals surface area contributed by atoms with Gasteiger partial charge in [0.05, 0.1) is 18.5 Å². The summed E-state index contributed by atoms with van der Waals surface area (Å²) in [5.74, 6) is 0.507. The Hall–Kier alpha value is -4.26. The van der Waals surface area contributed by atoms with E-state index in [0.717, 1.165) is 47.5 Å². The first kappa shape index (κ1) is 27.8. The molecular weight excluding hydrogens is 520 g/mol. The Labute approximate surface area is 229 Å². The minimum atomic E-state index is -0.296. The molecule has 2 aromatic heterocycles. The zero-order chi connectivity index (χ0) is 27.3. The molecule has 11 nitrogen and oxygen atoms in total. The molecule has 0 radical (unpaired) electrons. The summed E-state index contributed by atoms with van der Waals surface area (Å²) in [6.07, 6.45) is 3.70. The second-order valence-corrected chi connectivity index (χ2v) is 9.65. The van der Waals surface area contributed by atoms with Crippen LogP contribution in [0.3, 0.4) is 0 Å². The lowest BCUT2D eigenvalue weighted by Gasteiger charge is -2.07. The number of ether oxygens (including phenoxy) is 1. The number of aromatic nitrogens is 4. The van der Waals surface area contributed by atoms with Gasteiger partial charge in [-0.15, -0.1) is 15.3 Å². The van der Waals surface area contributed by atoms with Crippen molar-refractivity contribution in [3.63, 3.8) is 0 Å². The second kappa shape index (κ2) is 14.6. The van der Waals surface area contributed by atoms with Crippen molar-refractivity contribution in [1.29, 1.82) is 0 Å². The molecule has 2 aromatic carbocycles. The molecule has 0 aliphatic heterocycles. The molecule has 0 aliphatic rings. The summed E-state index contributed by atoms with van der Waals surface area (Å²) in [4.78, 5) is 28.5. The van der Waals surface area contributed by atoms with Gasteiger partial charge >= 0.3 is 0 Å². The number of hydrogen-bond donors (Lipinski definition) is 3. The molecule has 2 amide bonds. The molecule has 39 heavy (non-hydrogen) atoms. The number of aryl methyl sites for hydroxylation is 2.